The zero-order valence-electron chi connectivity index (χ0n) is 16.7. The Labute approximate surface area is 161 Å². The lowest BCUT2D eigenvalue weighted by molar-refractivity contribution is 0.0932. The van der Waals surface area contributed by atoms with Gasteiger partial charge in [0.25, 0.3) is 0 Å². The van der Waals surface area contributed by atoms with Gasteiger partial charge in [-0.1, -0.05) is 12.8 Å². The van der Waals surface area contributed by atoms with Crippen LogP contribution in [0.2, 0.25) is 0 Å². The molecule has 0 unspecified atom stereocenters. The van der Waals surface area contributed by atoms with Gasteiger partial charge in [-0.15, -0.1) is 0 Å². The fraction of sp³-hybridized carbons (Fsp3) is 0.667. The minimum Gasteiger partial charge on any atom is -0.357 e. The highest BCUT2D eigenvalue weighted by molar-refractivity contribution is 6.05. The van der Waals surface area contributed by atoms with E-state index in [2.05, 4.69) is 34.1 Å². The van der Waals surface area contributed by atoms with Crippen LogP contribution in [-0.4, -0.2) is 58.7 Å². The predicted octanol–water partition coefficient (Wildman–Crippen LogP) is 3.26. The van der Waals surface area contributed by atoms with E-state index in [1.165, 1.54) is 25.7 Å². The number of rotatable bonds is 4. The second kappa shape index (κ2) is 7.97. The summed E-state index contributed by atoms with van der Waals surface area (Å²) in [4.78, 5) is 22.5. The molecule has 0 atom stereocenters. The minimum absolute atomic E-state index is 0.166. The van der Waals surface area contributed by atoms with E-state index in [4.69, 9.17) is 4.98 Å². The number of aromatic nitrogens is 3. The van der Waals surface area contributed by atoms with Crippen LogP contribution in [0.4, 0.5) is 5.82 Å². The summed E-state index contributed by atoms with van der Waals surface area (Å²) in [6.45, 7) is 4.31. The molecular formula is C21H31N5O. The van der Waals surface area contributed by atoms with Crippen LogP contribution in [0.15, 0.2) is 12.1 Å². The summed E-state index contributed by atoms with van der Waals surface area (Å²) in [5.74, 6) is 1.66. The maximum absolute atomic E-state index is 12.9. The molecule has 0 N–H and O–H groups in total. The maximum atomic E-state index is 12.9. The summed E-state index contributed by atoms with van der Waals surface area (Å²) in [5, 5.41) is 5.45. The lowest BCUT2D eigenvalue weighted by atomic mass is 9.91. The van der Waals surface area contributed by atoms with E-state index >= 15 is 0 Å². The van der Waals surface area contributed by atoms with E-state index in [9.17, 15) is 4.79 Å². The van der Waals surface area contributed by atoms with E-state index in [0.29, 0.717) is 18.0 Å². The third kappa shape index (κ3) is 4.00. The van der Waals surface area contributed by atoms with Crippen molar-refractivity contribution in [3.05, 3.63) is 17.8 Å². The first-order chi connectivity index (χ1) is 13.1. The number of anilines is 1. The van der Waals surface area contributed by atoms with Crippen molar-refractivity contribution in [3.8, 4) is 0 Å². The molecule has 146 valence electrons. The fourth-order valence-corrected chi connectivity index (χ4v) is 4.43. The number of hydrogen-bond donors (Lipinski definition) is 0. The summed E-state index contributed by atoms with van der Waals surface area (Å²) < 4.78 is 1.78. The molecule has 0 radical (unpaired) electrons. The molecule has 2 aromatic rings. The molecule has 0 aliphatic carbocycles. The van der Waals surface area contributed by atoms with Crippen molar-refractivity contribution in [3.63, 3.8) is 0 Å². The van der Waals surface area contributed by atoms with Crippen molar-refractivity contribution in [2.45, 2.75) is 44.9 Å². The highest BCUT2D eigenvalue weighted by atomic mass is 16.1. The molecule has 2 aliphatic rings. The van der Waals surface area contributed by atoms with Crippen LogP contribution in [0.5, 0.6) is 0 Å². The second-order valence-corrected chi connectivity index (χ2v) is 8.29. The zero-order valence-corrected chi connectivity index (χ0v) is 16.7. The molecule has 6 nitrogen and oxygen atoms in total. The maximum Gasteiger partial charge on any atom is 0.184 e. The van der Waals surface area contributed by atoms with Crippen LogP contribution in [-0.2, 0) is 7.05 Å². The number of nitrogens with zero attached hydrogens (tertiary/aromatic N) is 5. The second-order valence-electron chi connectivity index (χ2n) is 8.29. The average Bonchev–Trinajstić information content (AvgIpc) is 2.85. The number of fused-ring (bicyclic) bond motifs is 1. The summed E-state index contributed by atoms with van der Waals surface area (Å²) in [7, 11) is 4.05. The molecule has 2 aliphatic heterocycles. The fourth-order valence-electron chi connectivity index (χ4n) is 4.43. The monoisotopic (exact) mass is 369 g/mol. The van der Waals surface area contributed by atoms with Gasteiger partial charge < -0.3 is 9.80 Å². The van der Waals surface area contributed by atoms with Crippen molar-refractivity contribution in [2.75, 3.05) is 38.1 Å². The largest absolute Gasteiger partial charge is 0.357 e. The molecular weight excluding hydrogens is 338 g/mol. The molecule has 27 heavy (non-hydrogen) atoms. The molecule has 2 fully saturated rings. The molecule has 0 bridgehead atoms. The number of carbonyl (C=O) groups excluding carboxylic acids is 1. The SMILES string of the molecule is CN1CCC(CC(=O)c2nn(C)c3nc(N4CCCCCC4)ccc23)CC1. The van der Waals surface area contributed by atoms with Crippen LogP contribution < -0.4 is 4.90 Å². The van der Waals surface area contributed by atoms with Gasteiger partial charge in [0.05, 0.1) is 5.39 Å². The van der Waals surface area contributed by atoms with E-state index in [-0.39, 0.29) is 5.78 Å². The third-order valence-electron chi connectivity index (χ3n) is 6.18. The van der Waals surface area contributed by atoms with Crippen molar-refractivity contribution in [2.24, 2.45) is 13.0 Å². The normalized spacial score (nSPS) is 20.1. The predicted molar refractivity (Wildman–Crippen MR) is 108 cm³/mol. The Morgan fingerprint density at radius 1 is 1.04 bits per heavy atom. The van der Waals surface area contributed by atoms with E-state index in [1.54, 1.807) is 4.68 Å². The first-order valence-corrected chi connectivity index (χ1v) is 10.4. The van der Waals surface area contributed by atoms with Gasteiger partial charge >= 0.3 is 0 Å². The average molecular weight is 370 g/mol. The number of carbonyl (C=O) groups is 1. The molecule has 2 saturated heterocycles. The molecule has 0 aromatic carbocycles. The lowest BCUT2D eigenvalue weighted by Crippen LogP contribution is -2.31. The van der Waals surface area contributed by atoms with Gasteiger partial charge in [0, 0.05) is 26.6 Å². The number of aryl methyl sites for hydroxylation is 1. The van der Waals surface area contributed by atoms with Gasteiger partial charge in [-0.25, -0.2) is 9.67 Å². The third-order valence-corrected chi connectivity index (χ3v) is 6.18. The number of hydrogen-bond acceptors (Lipinski definition) is 5. The van der Waals surface area contributed by atoms with Gasteiger partial charge in [-0.2, -0.15) is 5.10 Å². The van der Waals surface area contributed by atoms with Crippen LogP contribution >= 0.6 is 0 Å². The number of Topliss-reactive ketones (excluding diaryl/α,β-unsaturated/α-hetero) is 1. The molecule has 0 saturated carbocycles. The highest BCUT2D eigenvalue weighted by Gasteiger charge is 2.24. The Balaban J connectivity index is 1.54. The standard InChI is InChI=1S/C21H31N5O/c1-24-13-9-16(10-14-24)15-18(27)20-17-7-8-19(22-21(17)25(2)23-20)26-11-5-3-4-6-12-26/h7-8,16H,3-6,9-15H2,1-2H3. The highest BCUT2D eigenvalue weighted by Crippen LogP contribution is 2.26. The Morgan fingerprint density at radius 2 is 1.74 bits per heavy atom. The topological polar surface area (TPSA) is 54.3 Å². The first-order valence-electron chi connectivity index (χ1n) is 10.4. The number of ketones is 1. The number of piperidine rings is 1. The summed E-state index contributed by atoms with van der Waals surface area (Å²) in [6.07, 6.45) is 7.87. The number of pyridine rings is 1. The van der Waals surface area contributed by atoms with E-state index in [0.717, 1.165) is 55.9 Å². The van der Waals surface area contributed by atoms with Gasteiger partial charge in [0.15, 0.2) is 11.4 Å². The Hall–Kier alpha value is -1.95. The van der Waals surface area contributed by atoms with Crippen LogP contribution in [0.1, 0.15) is 55.4 Å². The molecule has 6 heteroatoms. The Bertz CT molecular complexity index is 798. The molecule has 4 rings (SSSR count). The quantitative estimate of drug-likeness (QED) is 0.774. The molecule has 0 spiro atoms. The van der Waals surface area contributed by atoms with Gasteiger partial charge in [-0.05, 0) is 63.9 Å². The van der Waals surface area contributed by atoms with Gasteiger partial charge in [0.1, 0.15) is 11.5 Å². The van der Waals surface area contributed by atoms with Crippen molar-refractivity contribution in [1.82, 2.24) is 19.7 Å². The van der Waals surface area contributed by atoms with Crippen LogP contribution in [0.25, 0.3) is 11.0 Å². The number of likely N-dealkylation sites (tertiary alicyclic amines) is 1. The minimum atomic E-state index is 0.166. The summed E-state index contributed by atoms with van der Waals surface area (Å²) >= 11 is 0. The zero-order chi connectivity index (χ0) is 18.8. The first kappa shape index (κ1) is 18.4. The van der Waals surface area contributed by atoms with Crippen LogP contribution in [0, 0.1) is 5.92 Å². The summed E-state index contributed by atoms with van der Waals surface area (Å²) in [5.41, 5.74) is 1.42. The molecule has 4 heterocycles. The van der Waals surface area contributed by atoms with E-state index in [1.807, 2.05) is 7.05 Å². The molecule has 2 aromatic heterocycles. The van der Waals surface area contributed by atoms with Crippen LogP contribution in [0.3, 0.4) is 0 Å². The lowest BCUT2D eigenvalue weighted by Gasteiger charge is -2.28. The smallest absolute Gasteiger partial charge is 0.184 e. The van der Waals surface area contributed by atoms with Gasteiger partial charge in [0.2, 0.25) is 0 Å². The Kier molecular flexibility index (Phi) is 5.43. The van der Waals surface area contributed by atoms with Crippen molar-refractivity contribution in [1.29, 1.82) is 0 Å². The molecule has 0 amide bonds. The van der Waals surface area contributed by atoms with Crippen molar-refractivity contribution >= 4 is 22.6 Å². The van der Waals surface area contributed by atoms with E-state index < -0.39 is 0 Å². The Morgan fingerprint density at radius 3 is 2.44 bits per heavy atom. The van der Waals surface area contributed by atoms with Crippen molar-refractivity contribution < 1.29 is 4.79 Å². The van der Waals surface area contributed by atoms with Gasteiger partial charge in [-0.3, -0.25) is 4.79 Å². The summed E-state index contributed by atoms with van der Waals surface area (Å²) in [6, 6.07) is 4.12.